The number of hydrogen-bond donors (Lipinski definition) is 1. The number of nitrogens with one attached hydrogen (secondary N) is 1. The maximum atomic E-state index is 12.8. The average molecular weight is 472 g/mol. The number of nitrogens with zero attached hydrogens (tertiary/aromatic N) is 4. The van der Waals surface area contributed by atoms with E-state index in [4.69, 9.17) is 23.2 Å². The van der Waals surface area contributed by atoms with Gasteiger partial charge in [-0.2, -0.15) is 5.10 Å². The van der Waals surface area contributed by atoms with Gasteiger partial charge in [0.1, 0.15) is 5.15 Å². The molecule has 0 saturated carbocycles. The first-order valence-electron chi connectivity index (χ1n) is 10.8. The van der Waals surface area contributed by atoms with Crippen molar-refractivity contribution in [3.63, 3.8) is 0 Å². The van der Waals surface area contributed by atoms with Crippen LogP contribution in [0.5, 0.6) is 0 Å². The Kier molecular flexibility index (Phi) is 7.35. The van der Waals surface area contributed by atoms with Gasteiger partial charge in [0.2, 0.25) is 0 Å². The van der Waals surface area contributed by atoms with Crippen molar-refractivity contribution >= 4 is 34.8 Å². The molecule has 1 N–H and O–H groups in total. The summed E-state index contributed by atoms with van der Waals surface area (Å²) in [5.41, 5.74) is 3.20. The highest BCUT2D eigenvalue weighted by atomic mass is 35.5. The number of anilines is 1. The lowest BCUT2D eigenvalue weighted by Crippen LogP contribution is -2.48. The van der Waals surface area contributed by atoms with Crippen LogP contribution in [0, 0.1) is 6.92 Å². The van der Waals surface area contributed by atoms with Crippen molar-refractivity contribution in [2.45, 2.75) is 13.5 Å². The third-order valence-electron chi connectivity index (χ3n) is 5.78. The van der Waals surface area contributed by atoms with E-state index >= 15 is 0 Å². The van der Waals surface area contributed by atoms with E-state index < -0.39 is 0 Å². The number of benzene rings is 2. The van der Waals surface area contributed by atoms with Crippen LogP contribution < -0.4 is 10.2 Å². The van der Waals surface area contributed by atoms with Gasteiger partial charge in [-0.25, -0.2) is 4.68 Å². The minimum absolute atomic E-state index is 0.194. The molecule has 0 radical (unpaired) electrons. The van der Waals surface area contributed by atoms with E-state index in [1.165, 1.54) is 5.69 Å². The van der Waals surface area contributed by atoms with Crippen LogP contribution in [0.4, 0.5) is 5.69 Å². The van der Waals surface area contributed by atoms with E-state index in [1.54, 1.807) is 11.6 Å². The molecule has 0 aliphatic carbocycles. The summed E-state index contributed by atoms with van der Waals surface area (Å²) in [7, 11) is 0. The second-order valence-corrected chi connectivity index (χ2v) is 8.69. The lowest BCUT2D eigenvalue weighted by Gasteiger charge is -2.36. The maximum absolute atomic E-state index is 12.8. The molecule has 1 fully saturated rings. The molecule has 1 saturated heterocycles. The van der Waals surface area contributed by atoms with Gasteiger partial charge in [0.25, 0.3) is 5.91 Å². The third kappa shape index (κ3) is 5.26. The molecule has 4 rings (SSSR count). The van der Waals surface area contributed by atoms with Gasteiger partial charge in [0, 0.05) is 50.0 Å². The van der Waals surface area contributed by atoms with Crippen molar-refractivity contribution in [1.29, 1.82) is 0 Å². The highest BCUT2D eigenvalue weighted by Gasteiger charge is 2.21. The molecule has 6 nitrogen and oxygen atoms in total. The van der Waals surface area contributed by atoms with Crippen LogP contribution in [0.15, 0.2) is 54.6 Å². The maximum Gasteiger partial charge on any atom is 0.256 e. The Balaban J connectivity index is 1.28. The average Bonchev–Trinajstić information content (AvgIpc) is 3.09. The highest BCUT2D eigenvalue weighted by Crippen LogP contribution is 2.23. The molecule has 168 valence electrons. The molecule has 0 atom stereocenters. The Labute approximate surface area is 198 Å². The SMILES string of the molecule is Cc1nn(Cc2ccccc2Cl)c(Cl)c1C(=O)NCCN1CCN(c2ccccc2)CC1. The van der Waals surface area contributed by atoms with Crippen molar-refractivity contribution < 1.29 is 4.79 Å². The monoisotopic (exact) mass is 471 g/mol. The fourth-order valence-corrected chi connectivity index (χ4v) is 4.50. The number of carbonyl (C=O) groups is 1. The molecular formula is C24H27Cl2N5O. The molecule has 32 heavy (non-hydrogen) atoms. The van der Waals surface area contributed by atoms with Gasteiger partial charge in [-0.05, 0) is 30.7 Å². The van der Waals surface area contributed by atoms with Crippen molar-refractivity contribution in [3.05, 3.63) is 81.6 Å². The summed E-state index contributed by atoms with van der Waals surface area (Å²) in [6.45, 7) is 7.50. The number of hydrogen-bond acceptors (Lipinski definition) is 4. The summed E-state index contributed by atoms with van der Waals surface area (Å²) in [4.78, 5) is 17.6. The van der Waals surface area contributed by atoms with Crippen LogP contribution in [0.3, 0.4) is 0 Å². The van der Waals surface area contributed by atoms with E-state index in [1.807, 2.05) is 30.3 Å². The van der Waals surface area contributed by atoms with Gasteiger partial charge >= 0.3 is 0 Å². The quantitative estimate of drug-likeness (QED) is 0.563. The normalized spacial score (nSPS) is 14.5. The van der Waals surface area contributed by atoms with E-state index in [-0.39, 0.29) is 5.91 Å². The zero-order valence-electron chi connectivity index (χ0n) is 18.1. The Bertz CT molecular complexity index is 1060. The van der Waals surface area contributed by atoms with Crippen molar-refractivity contribution in [1.82, 2.24) is 20.0 Å². The molecule has 2 heterocycles. The fourth-order valence-electron chi connectivity index (χ4n) is 3.99. The molecule has 1 aliphatic rings. The van der Waals surface area contributed by atoms with Gasteiger partial charge in [-0.1, -0.05) is 59.6 Å². The predicted octanol–water partition coefficient (Wildman–Crippen LogP) is 4.10. The smallest absolute Gasteiger partial charge is 0.256 e. The zero-order valence-corrected chi connectivity index (χ0v) is 19.6. The minimum Gasteiger partial charge on any atom is -0.369 e. The van der Waals surface area contributed by atoms with E-state index in [9.17, 15) is 4.79 Å². The van der Waals surface area contributed by atoms with Crippen molar-refractivity contribution in [3.8, 4) is 0 Å². The molecule has 0 spiro atoms. The molecule has 3 aromatic rings. The number of carbonyl (C=O) groups excluding carboxylic acids is 1. The number of rotatable bonds is 7. The Morgan fingerprint density at radius 1 is 1.00 bits per heavy atom. The lowest BCUT2D eigenvalue weighted by molar-refractivity contribution is 0.0947. The third-order valence-corrected chi connectivity index (χ3v) is 6.53. The highest BCUT2D eigenvalue weighted by molar-refractivity contribution is 6.33. The summed E-state index contributed by atoms with van der Waals surface area (Å²) in [6, 6.07) is 18.0. The standard InChI is InChI=1S/C24H27Cl2N5O/c1-18-22(23(26)31(28-18)17-19-7-5-6-10-21(19)25)24(32)27-11-12-29-13-15-30(16-14-29)20-8-3-2-4-9-20/h2-10H,11-17H2,1H3,(H,27,32). The molecule has 0 bridgehead atoms. The van der Waals surface area contributed by atoms with Crippen molar-refractivity contribution in [2.75, 3.05) is 44.2 Å². The first kappa shape index (κ1) is 22.6. The van der Waals surface area contributed by atoms with Crippen LogP contribution in [-0.4, -0.2) is 59.9 Å². The van der Waals surface area contributed by atoms with Crippen LogP contribution in [0.25, 0.3) is 0 Å². The molecular weight excluding hydrogens is 445 g/mol. The fraction of sp³-hybridized carbons (Fsp3) is 0.333. The predicted molar refractivity (Wildman–Crippen MR) is 130 cm³/mol. The molecule has 2 aromatic carbocycles. The lowest BCUT2D eigenvalue weighted by atomic mass is 10.2. The largest absolute Gasteiger partial charge is 0.369 e. The number of aromatic nitrogens is 2. The van der Waals surface area contributed by atoms with Gasteiger partial charge < -0.3 is 10.2 Å². The summed E-state index contributed by atoms with van der Waals surface area (Å²) in [5.74, 6) is -0.194. The van der Waals surface area contributed by atoms with Crippen LogP contribution in [0.1, 0.15) is 21.6 Å². The molecule has 8 heteroatoms. The number of halogens is 2. The molecule has 1 aromatic heterocycles. The van der Waals surface area contributed by atoms with E-state index in [2.05, 4.69) is 44.5 Å². The van der Waals surface area contributed by atoms with E-state index in [0.29, 0.717) is 34.5 Å². The van der Waals surface area contributed by atoms with Gasteiger partial charge in [0.05, 0.1) is 17.8 Å². The van der Waals surface area contributed by atoms with Gasteiger partial charge in [-0.3, -0.25) is 9.69 Å². The summed E-state index contributed by atoms with van der Waals surface area (Å²) < 4.78 is 1.62. The van der Waals surface area contributed by atoms with Gasteiger partial charge in [0.15, 0.2) is 0 Å². The Morgan fingerprint density at radius 3 is 2.41 bits per heavy atom. The first-order chi connectivity index (χ1) is 15.5. The van der Waals surface area contributed by atoms with Gasteiger partial charge in [-0.15, -0.1) is 0 Å². The molecule has 0 unspecified atom stereocenters. The number of piperazine rings is 1. The summed E-state index contributed by atoms with van der Waals surface area (Å²) >= 11 is 12.8. The summed E-state index contributed by atoms with van der Waals surface area (Å²) in [6.07, 6.45) is 0. The van der Waals surface area contributed by atoms with Crippen LogP contribution >= 0.6 is 23.2 Å². The number of para-hydroxylation sites is 1. The topological polar surface area (TPSA) is 53.4 Å². The molecule has 1 amide bonds. The van der Waals surface area contributed by atoms with Crippen LogP contribution in [-0.2, 0) is 6.54 Å². The molecule has 1 aliphatic heterocycles. The van der Waals surface area contributed by atoms with Crippen LogP contribution in [0.2, 0.25) is 10.2 Å². The first-order valence-corrected chi connectivity index (χ1v) is 11.6. The summed E-state index contributed by atoms with van der Waals surface area (Å²) in [5, 5.41) is 8.43. The number of amides is 1. The van der Waals surface area contributed by atoms with Crippen molar-refractivity contribution in [2.24, 2.45) is 0 Å². The number of aryl methyl sites for hydroxylation is 1. The minimum atomic E-state index is -0.194. The second kappa shape index (κ2) is 10.4. The Hall–Kier alpha value is -2.54. The van der Waals surface area contributed by atoms with E-state index in [0.717, 1.165) is 38.3 Å². The zero-order chi connectivity index (χ0) is 22.5. The Morgan fingerprint density at radius 2 is 1.69 bits per heavy atom. The second-order valence-electron chi connectivity index (χ2n) is 7.92.